The fourth-order valence-electron chi connectivity index (χ4n) is 1.54. The van der Waals surface area contributed by atoms with Crippen molar-refractivity contribution in [3.8, 4) is 0 Å². The molecule has 1 unspecified atom stereocenters. The van der Waals surface area contributed by atoms with Gasteiger partial charge in [-0.25, -0.2) is 0 Å². The maximum Gasteiger partial charge on any atom is 0.401 e. The van der Waals surface area contributed by atoms with Gasteiger partial charge in [0.05, 0.1) is 13.1 Å². The van der Waals surface area contributed by atoms with Crippen LogP contribution < -0.4 is 5.32 Å². The molecule has 0 bridgehead atoms. The van der Waals surface area contributed by atoms with Gasteiger partial charge in [0.1, 0.15) is 0 Å². The predicted octanol–water partition coefficient (Wildman–Crippen LogP) is 2.29. The van der Waals surface area contributed by atoms with Crippen LogP contribution in [-0.2, 0) is 11.2 Å². The van der Waals surface area contributed by atoms with Crippen LogP contribution in [0.3, 0.4) is 0 Å². The number of hydrogen-bond donors (Lipinski definition) is 1. The van der Waals surface area contributed by atoms with Crippen molar-refractivity contribution in [2.45, 2.75) is 25.6 Å². The van der Waals surface area contributed by atoms with E-state index in [1.165, 1.54) is 4.90 Å². The lowest BCUT2D eigenvalue weighted by molar-refractivity contribution is -0.134. The first-order valence-electron chi connectivity index (χ1n) is 5.85. The molecule has 0 saturated carbocycles. The molecule has 1 aromatic heterocycles. The van der Waals surface area contributed by atoms with Gasteiger partial charge in [0, 0.05) is 24.4 Å². The molecule has 19 heavy (non-hydrogen) atoms. The zero-order valence-electron chi connectivity index (χ0n) is 10.8. The summed E-state index contributed by atoms with van der Waals surface area (Å²) >= 11 is 1.60. The van der Waals surface area contributed by atoms with Crippen molar-refractivity contribution in [2.24, 2.45) is 0 Å². The SMILES string of the molecule is CC(Cc1cccs1)N(C)C(=O)CNCC(F)(F)F. The van der Waals surface area contributed by atoms with Crippen molar-refractivity contribution in [1.29, 1.82) is 0 Å². The van der Waals surface area contributed by atoms with E-state index in [1.807, 2.05) is 24.4 Å². The Kier molecular flexibility index (Phi) is 5.81. The third-order valence-electron chi connectivity index (χ3n) is 2.73. The Balaban J connectivity index is 2.35. The molecule has 108 valence electrons. The zero-order chi connectivity index (χ0) is 14.5. The van der Waals surface area contributed by atoms with Crippen LogP contribution in [0, 0.1) is 0 Å². The molecule has 0 spiro atoms. The highest BCUT2D eigenvalue weighted by atomic mass is 32.1. The standard InChI is InChI=1S/C12H17F3N2OS/c1-9(6-10-4-3-5-19-10)17(2)11(18)7-16-8-12(13,14)15/h3-5,9,16H,6-8H2,1-2H3. The molecule has 1 amide bonds. The van der Waals surface area contributed by atoms with E-state index in [1.54, 1.807) is 18.4 Å². The summed E-state index contributed by atoms with van der Waals surface area (Å²) in [6, 6.07) is 3.86. The summed E-state index contributed by atoms with van der Waals surface area (Å²) in [4.78, 5) is 14.3. The summed E-state index contributed by atoms with van der Waals surface area (Å²) in [5.74, 6) is -0.340. The molecule has 0 aliphatic rings. The van der Waals surface area contributed by atoms with Crippen LogP contribution in [0.1, 0.15) is 11.8 Å². The van der Waals surface area contributed by atoms with Crippen molar-refractivity contribution in [3.63, 3.8) is 0 Å². The van der Waals surface area contributed by atoms with Crippen LogP contribution in [0.2, 0.25) is 0 Å². The van der Waals surface area contributed by atoms with Crippen LogP contribution in [-0.4, -0.2) is 43.2 Å². The van der Waals surface area contributed by atoms with E-state index in [-0.39, 0.29) is 18.5 Å². The summed E-state index contributed by atoms with van der Waals surface area (Å²) in [5.41, 5.74) is 0. The number of nitrogens with zero attached hydrogens (tertiary/aromatic N) is 1. The van der Waals surface area contributed by atoms with Gasteiger partial charge in [-0.15, -0.1) is 11.3 Å². The van der Waals surface area contributed by atoms with Gasteiger partial charge in [0.15, 0.2) is 0 Å². The fraction of sp³-hybridized carbons (Fsp3) is 0.583. The van der Waals surface area contributed by atoms with E-state index in [0.29, 0.717) is 6.42 Å². The van der Waals surface area contributed by atoms with E-state index >= 15 is 0 Å². The highest BCUT2D eigenvalue weighted by molar-refractivity contribution is 7.09. The fourth-order valence-corrected chi connectivity index (χ4v) is 2.36. The minimum absolute atomic E-state index is 0.0427. The Morgan fingerprint density at radius 2 is 2.21 bits per heavy atom. The second kappa shape index (κ2) is 6.91. The first kappa shape index (κ1) is 16.0. The van der Waals surface area contributed by atoms with E-state index in [9.17, 15) is 18.0 Å². The quantitative estimate of drug-likeness (QED) is 0.873. The molecular weight excluding hydrogens is 277 g/mol. The number of halogens is 3. The summed E-state index contributed by atoms with van der Waals surface area (Å²) in [5, 5.41) is 4.06. The molecule has 0 radical (unpaired) electrons. The number of carbonyl (C=O) groups excluding carboxylic acids is 1. The first-order chi connectivity index (χ1) is 8.79. The van der Waals surface area contributed by atoms with Gasteiger partial charge in [0.25, 0.3) is 0 Å². The average molecular weight is 294 g/mol. The lowest BCUT2D eigenvalue weighted by Gasteiger charge is -2.25. The van der Waals surface area contributed by atoms with Crippen LogP contribution in [0.5, 0.6) is 0 Å². The topological polar surface area (TPSA) is 32.3 Å². The molecule has 1 heterocycles. The Labute approximate surface area is 114 Å². The maximum atomic E-state index is 11.9. The number of alkyl halides is 3. The molecule has 0 aliphatic heterocycles. The number of likely N-dealkylation sites (N-methyl/N-ethyl adjacent to an activating group) is 1. The molecule has 1 N–H and O–H groups in total. The Hall–Kier alpha value is -1.08. The normalized spacial score (nSPS) is 13.3. The molecule has 3 nitrogen and oxygen atoms in total. The van der Waals surface area contributed by atoms with Crippen LogP contribution >= 0.6 is 11.3 Å². The van der Waals surface area contributed by atoms with Crippen LogP contribution in [0.25, 0.3) is 0 Å². The number of nitrogens with one attached hydrogen (secondary N) is 1. The molecule has 0 fully saturated rings. The number of amides is 1. The van der Waals surface area contributed by atoms with Crippen molar-refractivity contribution in [2.75, 3.05) is 20.1 Å². The number of rotatable bonds is 6. The summed E-state index contributed by atoms with van der Waals surface area (Å²) in [6.45, 7) is 0.429. The van der Waals surface area contributed by atoms with Gasteiger partial charge >= 0.3 is 6.18 Å². The molecule has 1 aromatic rings. The van der Waals surface area contributed by atoms with Crippen molar-refractivity contribution in [3.05, 3.63) is 22.4 Å². The Morgan fingerprint density at radius 1 is 1.53 bits per heavy atom. The van der Waals surface area contributed by atoms with Crippen molar-refractivity contribution < 1.29 is 18.0 Å². The van der Waals surface area contributed by atoms with Gasteiger partial charge in [-0.1, -0.05) is 6.07 Å². The molecule has 0 aromatic carbocycles. The van der Waals surface area contributed by atoms with Gasteiger partial charge in [0.2, 0.25) is 5.91 Å². The number of thiophene rings is 1. The zero-order valence-corrected chi connectivity index (χ0v) is 11.6. The number of carbonyl (C=O) groups is 1. The Bertz CT molecular complexity index is 392. The van der Waals surface area contributed by atoms with Crippen LogP contribution in [0.15, 0.2) is 17.5 Å². The van der Waals surface area contributed by atoms with Gasteiger partial charge in [-0.05, 0) is 18.4 Å². The molecular formula is C12H17F3N2OS. The largest absolute Gasteiger partial charge is 0.401 e. The highest BCUT2D eigenvalue weighted by Crippen LogP contribution is 2.14. The van der Waals surface area contributed by atoms with Crippen LogP contribution in [0.4, 0.5) is 13.2 Å². The minimum Gasteiger partial charge on any atom is -0.342 e. The van der Waals surface area contributed by atoms with E-state index < -0.39 is 12.7 Å². The highest BCUT2D eigenvalue weighted by Gasteiger charge is 2.27. The third-order valence-corrected chi connectivity index (χ3v) is 3.63. The third kappa shape index (κ3) is 6.07. The molecule has 0 aliphatic carbocycles. The lowest BCUT2D eigenvalue weighted by atomic mass is 10.2. The predicted molar refractivity (Wildman–Crippen MR) is 69.2 cm³/mol. The second-order valence-electron chi connectivity index (χ2n) is 4.36. The van der Waals surface area contributed by atoms with Gasteiger partial charge in [-0.2, -0.15) is 13.2 Å². The number of hydrogen-bond acceptors (Lipinski definition) is 3. The van der Waals surface area contributed by atoms with Crippen molar-refractivity contribution >= 4 is 17.2 Å². The first-order valence-corrected chi connectivity index (χ1v) is 6.73. The smallest absolute Gasteiger partial charge is 0.342 e. The van der Waals surface area contributed by atoms with Crippen molar-refractivity contribution in [1.82, 2.24) is 10.2 Å². The summed E-state index contributed by atoms with van der Waals surface area (Å²) < 4.78 is 35.8. The summed E-state index contributed by atoms with van der Waals surface area (Å²) in [6.07, 6.45) is -3.58. The average Bonchev–Trinajstić information content (AvgIpc) is 2.78. The van der Waals surface area contributed by atoms with Gasteiger partial charge < -0.3 is 10.2 Å². The monoisotopic (exact) mass is 294 g/mol. The van der Waals surface area contributed by atoms with Gasteiger partial charge in [-0.3, -0.25) is 4.79 Å². The maximum absolute atomic E-state index is 11.9. The minimum atomic E-state index is -4.29. The lowest BCUT2D eigenvalue weighted by Crippen LogP contribution is -2.43. The summed E-state index contributed by atoms with van der Waals surface area (Å²) in [7, 11) is 1.61. The van der Waals surface area contributed by atoms with E-state index in [2.05, 4.69) is 5.32 Å². The molecule has 1 rings (SSSR count). The van der Waals surface area contributed by atoms with E-state index in [0.717, 1.165) is 4.88 Å². The van der Waals surface area contributed by atoms with E-state index in [4.69, 9.17) is 0 Å². The second-order valence-corrected chi connectivity index (χ2v) is 5.39. The molecule has 0 saturated heterocycles. The molecule has 1 atom stereocenters. The molecule has 7 heteroatoms. The Morgan fingerprint density at radius 3 is 2.74 bits per heavy atom.